The second kappa shape index (κ2) is 8.13. The van der Waals surface area contributed by atoms with Gasteiger partial charge in [0.15, 0.2) is 0 Å². The Balaban J connectivity index is 1.87. The van der Waals surface area contributed by atoms with Gasteiger partial charge in [-0.25, -0.2) is 0 Å². The molecular formula is C21H19N3O2. The van der Waals surface area contributed by atoms with E-state index < -0.39 is 0 Å². The Hall–Kier alpha value is -3.39. The summed E-state index contributed by atoms with van der Waals surface area (Å²) in [6, 6.07) is 17.7. The van der Waals surface area contributed by atoms with Gasteiger partial charge in [-0.15, -0.1) is 0 Å². The van der Waals surface area contributed by atoms with E-state index in [1.807, 2.05) is 6.07 Å². The molecule has 0 unspecified atom stereocenters. The average Bonchev–Trinajstić information content (AvgIpc) is 3.23. The minimum atomic E-state index is -0.321. The predicted molar refractivity (Wildman–Crippen MR) is 98.9 cm³/mol. The minimum Gasteiger partial charge on any atom is -0.337 e. The second-order valence-corrected chi connectivity index (χ2v) is 6.11. The van der Waals surface area contributed by atoms with E-state index in [1.165, 1.54) is 0 Å². The van der Waals surface area contributed by atoms with Crippen LogP contribution in [-0.4, -0.2) is 29.8 Å². The number of rotatable bonds is 4. The van der Waals surface area contributed by atoms with Gasteiger partial charge in [-0.05, 0) is 48.7 Å². The maximum Gasteiger partial charge on any atom is 0.270 e. The van der Waals surface area contributed by atoms with Crippen molar-refractivity contribution in [2.45, 2.75) is 12.8 Å². The highest BCUT2D eigenvalue weighted by Gasteiger charge is 2.23. The Kier molecular flexibility index (Phi) is 5.45. The Labute approximate surface area is 152 Å². The number of carbonyl (C=O) groups is 2. The SMILES string of the molecule is N#Cc1ccc(C=C(NC(=O)c2ccccc2)C(=O)N2CCCC2)cc1. The number of carbonyl (C=O) groups excluding carboxylic acids is 2. The van der Waals surface area contributed by atoms with Gasteiger partial charge >= 0.3 is 0 Å². The van der Waals surface area contributed by atoms with Crippen molar-refractivity contribution in [2.75, 3.05) is 13.1 Å². The molecule has 2 amide bonds. The standard InChI is InChI=1S/C21H19N3O2/c22-15-17-10-8-16(9-11-17)14-19(21(26)24-12-4-5-13-24)23-20(25)18-6-2-1-3-7-18/h1-3,6-11,14H,4-5,12-13H2,(H,23,25). The summed E-state index contributed by atoms with van der Waals surface area (Å²) in [5, 5.41) is 11.7. The van der Waals surface area contributed by atoms with Crippen LogP contribution in [0.15, 0.2) is 60.3 Å². The summed E-state index contributed by atoms with van der Waals surface area (Å²) in [6.07, 6.45) is 3.60. The molecule has 0 aliphatic carbocycles. The van der Waals surface area contributed by atoms with Crippen molar-refractivity contribution in [3.63, 3.8) is 0 Å². The Morgan fingerprint density at radius 2 is 1.65 bits per heavy atom. The Bertz CT molecular complexity index is 858. The van der Waals surface area contributed by atoms with Crippen LogP contribution >= 0.6 is 0 Å². The van der Waals surface area contributed by atoms with Gasteiger partial charge < -0.3 is 10.2 Å². The molecule has 1 aliphatic rings. The number of nitrogens with one attached hydrogen (secondary N) is 1. The van der Waals surface area contributed by atoms with Gasteiger partial charge in [0.2, 0.25) is 0 Å². The average molecular weight is 345 g/mol. The molecule has 5 nitrogen and oxygen atoms in total. The van der Waals surface area contributed by atoms with Crippen LogP contribution in [0.4, 0.5) is 0 Å². The highest BCUT2D eigenvalue weighted by molar-refractivity contribution is 6.05. The van der Waals surface area contributed by atoms with Crippen molar-refractivity contribution in [3.8, 4) is 6.07 Å². The number of benzene rings is 2. The number of hydrogen-bond acceptors (Lipinski definition) is 3. The third-order valence-electron chi connectivity index (χ3n) is 4.26. The number of amides is 2. The number of hydrogen-bond donors (Lipinski definition) is 1. The first kappa shape index (κ1) is 17.4. The van der Waals surface area contributed by atoms with E-state index >= 15 is 0 Å². The molecule has 0 saturated carbocycles. The van der Waals surface area contributed by atoms with Crippen molar-refractivity contribution in [1.82, 2.24) is 10.2 Å². The van der Waals surface area contributed by atoms with Crippen molar-refractivity contribution < 1.29 is 9.59 Å². The number of likely N-dealkylation sites (tertiary alicyclic amines) is 1. The molecule has 5 heteroatoms. The Morgan fingerprint density at radius 1 is 1.00 bits per heavy atom. The fourth-order valence-electron chi connectivity index (χ4n) is 2.85. The molecule has 1 N–H and O–H groups in total. The predicted octanol–water partition coefficient (Wildman–Crippen LogP) is 2.95. The zero-order valence-electron chi connectivity index (χ0n) is 14.3. The largest absolute Gasteiger partial charge is 0.337 e. The summed E-state index contributed by atoms with van der Waals surface area (Å²) in [5.74, 6) is -0.505. The van der Waals surface area contributed by atoms with Crippen LogP contribution in [0.5, 0.6) is 0 Å². The number of nitrogens with zero attached hydrogens (tertiary/aromatic N) is 2. The lowest BCUT2D eigenvalue weighted by Gasteiger charge is -2.18. The summed E-state index contributed by atoms with van der Waals surface area (Å²) in [4.78, 5) is 27.1. The van der Waals surface area contributed by atoms with Crippen LogP contribution in [-0.2, 0) is 4.79 Å². The van der Waals surface area contributed by atoms with Crippen molar-refractivity contribution >= 4 is 17.9 Å². The first-order valence-electron chi connectivity index (χ1n) is 8.55. The normalized spacial score (nSPS) is 14.0. The highest BCUT2D eigenvalue weighted by Crippen LogP contribution is 2.14. The Morgan fingerprint density at radius 3 is 2.27 bits per heavy atom. The van der Waals surface area contributed by atoms with Crippen LogP contribution in [0.2, 0.25) is 0 Å². The lowest BCUT2D eigenvalue weighted by Crippen LogP contribution is -2.36. The van der Waals surface area contributed by atoms with Gasteiger partial charge in [0, 0.05) is 18.7 Å². The third kappa shape index (κ3) is 4.17. The van der Waals surface area contributed by atoms with Crippen LogP contribution in [0.25, 0.3) is 6.08 Å². The molecule has 2 aromatic rings. The fourth-order valence-corrected chi connectivity index (χ4v) is 2.85. The molecule has 1 saturated heterocycles. The molecule has 1 fully saturated rings. The van der Waals surface area contributed by atoms with Crippen molar-refractivity contribution in [3.05, 3.63) is 77.0 Å². The molecule has 0 atom stereocenters. The highest BCUT2D eigenvalue weighted by atomic mass is 16.2. The molecule has 130 valence electrons. The first-order chi connectivity index (χ1) is 12.7. The van der Waals surface area contributed by atoms with E-state index in [4.69, 9.17) is 5.26 Å². The van der Waals surface area contributed by atoms with Crippen LogP contribution in [0.1, 0.15) is 34.3 Å². The maximum atomic E-state index is 12.8. The molecule has 26 heavy (non-hydrogen) atoms. The maximum absolute atomic E-state index is 12.8. The lowest BCUT2D eigenvalue weighted by atomic mass is 10.1. The topological polar surface area (TPSA) is 73.2 Å². The molecule has 3 rings (SSSR count). The van der Waals surface area contributed by atoms with Crippen molar-refractivity contribution in [1.29, 1.82) is 5.26 Å². The van der Waals surface area contributed by atoms with E-state index in [0.717, 1.165) is 18.4 Å². The quantitative estimate of drug-likeness (QED) is 0.866. The zero-order valence-corrected chi connectivity index (χ0v) is 14.3. The summed E-state index contributed by atoms with van der Waals surface area (Å²) in [5.41, 5.74) is 2.03. The van der Waals surface area contributed by atoms with Gasteiger partial charge in [-0.1, -0.05) is 30.3 Å². The first-order valence-corrected chi connectivity index (χ1v) is 8.55. The van der Waals surface area contributed by atoms with E-state index in [9.17, 15) is 9.59 Å². The molecule has 1 aliphatic heterocycles. The number of nitriles is 1. The fraction of sp³-hybridized carbons (Fsp3) is 0.190. The van der Waals surface area contributed by atoms with E-state index in [1.54, 1.807) is 59.5 Å². The molecule has 1 heterocycles. The van der Waals surface area contributed by atoms with Gasteiger partial charge in [-0.3, -0.25) is 9.59 Å². The lowest BCUT2D eigenvalue weighted by molar-refractivity contribution is -0.126. The van der Waals surface area contributed by atoms with Crippen LogP contribution < -0.4 is 5.32 Å². The van der Waals surface area contributed by atoms with Crippen LogP contribution in [0.3, 0.4) is 0 Å². The zero-order chi connectivity index (χ0) is 18.4. The van der Waals surface area contributed by atoms with Crippen molar-refractivity contribution in [2.24, 2.45) is 0 Å². The van der Waals surface area contributed by atoms with E-state index in [-0.39, 0.29) is 17.5 Å². The monoisotopic (exact) mass is 345 g/mol. The summed E-state index contributed by atoms with van der Waals surface area (Å²) >= 11 is 0. The van der Waals surface area contributed by atoms with Gasteiger partial charge in [0.25, 0.3) is 11.8 Å². The van der Waals surface area contributed by atoms with Gasteiger partial charge in [0.05, 0.1) is 11.6 Å². The molecular weight excluding hydrogens is 326 g/mol. The van der Waals surface area contributed by atoms with Crippen LogP contribution in [0, 0.1) is 11.3 Å². The van der Waals surface area contributed by atoms with E-state index in [2.05, 4.69) is 11.4 Å². The van der Waals surface area contributed by atoms with Gasteiger partial charge in [0.1, 0.15) is 5.70 Å². The molecule has 0 spiro atoms. The second-order valence-electron chi connectivity index (χ2n) is 6.11. The molecule has 0 radical (unpaired) electrons. The van der Waals surface area contributed by atoms with Gasteiger partial charge in [-0.2, -0.15) is 5.26 Å². The van der Waals surface area contributed by atoms with E-state index in [0.29, 0.717) is 24.2 Å². The smallest absolute Gasteiger partial charge is 0.270 e. The molecule has 2 aromatic carbocycles. The third-order valence-corrected chi connectivity index (χ3v) is 4.26. The molecule has 0 bridgehead atoms. The minimum absolute atomic E-state index is 0.184. The summed E-state index contributed by atoms with van der Waals surface area (Å²) in [7, 11) is 0. The molecule has 0 aromatic heterocycles. The summed E-state index contributed by atoms with van der Waals surface area (Å²) in [6.45, 7) is 1.40. The summed E-state index contributed by atoms with van der Waals surface area (Å²) < 4.78 is 0.